The van der Waals surface area contributed by atoms with Crippen LogP contribution in [0.2, 0.25) is 0 Å². The van der Waals surface area contributed by atoms with Gasteiger partial charge in [0.15, 0.2) is 11.5 Å². The monoisotopic (exact) mass is 350 g/mol. The molecule has 4 rings (SSSR count). The van der Waals surface area contributed by atoms with Crippen molar-refractivity contribution in [3.63, 3.8) is 0 Å². The van der Waals surface area contributed by atoms with E-state index < -0.39 is 0 Å². The summed E-state index contributed by atoms with van der Waals surface area (Å²) < 4.78 is 10.6. The summed E-state index contributed by atoms with van der Waals surface area (Å²) in [5, 5.41) is 8.17. The van der Waals surface area contributed by atoms with Crippen LogP contribution in [-0.4, -0.2) is 30.4 Å². The van der Waals surface area contributed by atoms with Crippen molar-refractivity contribution in [1.82, 2.24) is 10.4 Å². The second-order valence-corrected chi connectivity index (χ2v) is 5.92. The van der Waals surface area contributed by atoms with Crippen molar-refractivity contribution in [3.05, 3.63) is 53.7 Å². The molecule has 0 atom stereocenters. The molecule has 1 amide bonds. The summed E-state index contributed by atoms with van der Waals surface area (Å²) in [4.78, 5) is 15.3. The molecule has 2 aromatic carbocycles. The van der Waals surface area contributed by atoms with Crippen LogP contribution in [0.4, 0.5) is 5.69 Å². The molecule has 0 spiro atoms. The van der Waals surface area contributed by atoms with Crippen LogP contribution in [0.5, 0.6) is 11.5 Å². The maximum atomic E-state index is 12.0. The smallest absolute Gasteiger partial charge is 0.259 e. The van der Waals surface area contributed by atoms with Crippen LogP contribution >= 0.6 is 0 Å². The Morgan fingerprint density at radius 1 is 1.23 bits per heavy atom. The summed E-state index contributed by atoms with van der Waals surface area (Å²) in [6.07, 6.45) is 1.66. The minimum absolute atomic E-state index is 0.101. The summed E-state index contributed by atoms with van der Waals surface area (Å²) in [6.45, 7) is 2.30. The summed E-state index contributed by atoms with van der Waals surface area (Å²) >= 11 is 0. The number of hydrazone groups is 1. The first-order valence-corrected chi connectivity index (χ1v) is 8.23. The van der Waals surface area contributed by atoms with Gasteiger partial charge in [0.25, 0.3) is 5.91 Å². The third-order valence-corrected chi connectivity index (χ3v) is 4.15. The second-order valence-electron chi connectivity index (χ2n) is 5.92. The third kappa shape index (κ3) is 3.19. The lowest BCUT2D eigenvalue weighted by molar-refractivity contribution is -0.119. The molecule has 0 unspecified atom stereocenters. The molecule has 0 aliphatic carbocycles. The van der Waals surface area contributed by atoms with Crippen molar-refractivity contribution in [2.75, 3.05) is 18.7 Å². The fourth-order valence-corrected chi connectivity index (χ4v) is 2.86. The molecule has 0 saturated heterocycles. The number of ether oxygens (including phenoxy) is 2. The van der Waals surface area contributed by atoms with Gasteiger partial charge in [-0.25, -0.2) is 5.43 Å². The minimum Gasteiger partial charge on any atom is -0.454 e. The largest absolute Gasteiger partial charge is 0.454 e. The predicted molar refractivity (Wildman–Crippen MR) is 99.8 cm³/mol. The molecule has 26 heavy (non-hydrogen) atoms. The molecule has 0 fully saturated rings. The summed E-state index contributed by atoms with van der Waals surface area (Å²) in [5.41, 5.74) is 6.32. The lowest BCUT2D eigenvalue weighted by Crippen LogP contribution is -2.25. The highest BCUT2D eigenvalue weighted by molar-refractivity contribution is 6.00. The second kappa shape index (κ2) is 6.79. The molecule has 1 aliphatic rings. The summed E-state index contributed by atoms with van der Waals surface area (Å²) in [6, 6.07) is 13.4. The van der Waals surface area contributed by atoms with E-state index in [0.29, 0.717) is 11.5 Å². The van der Waals surface area contributed by atoms with Crippen molar-refractivity contribution in [2.45, 2.75) is 6.92 Å². The van der Waals surface area contributed by atoms with E-state index in [2.05, 4.69) is 20.8 Å². The zero-order valence-electron chi connectivity index (χ0n) is 14.2. The Kier molecular flexibility index (Phi) is 4.18. The minimum atomic E-state index is -0.239. The molecule has 0 saturated carbocycles. The highest BCUT2D eigenvalue weighted by Gasteiger charge is 2.13. The molecule has 2 heterocycles. The number of aromatic nitrogens is 1. The molecule has 1 aromatic heterocycles. The zero-order valence-corrected chi connectivity index (χ0v) is 14.2. The molecule has 0 bridgehead atoms. The van der Waals surface area contributed by atoms with Gasteiger partial charge in [0.05, 0.1) is 12.8 Å². The van der Waals surface area contributed by atoms with Crippen molar-refractivity contribution >= 4 is 28.7 Å². The number of H-pyrrole nitrogens is 1. The standard InChI is InChI=1S/C19H18N4O3/c1-12-15(14-4-2-3-5-16(14)22-12)9-21-23-19(24)10-20-13-6-7-17-18(8-13)26-11-25-17/h2-9,20,22H,10-11H2,1H3,(H,23,24)/b21-9-. The van der Waals surface area contributed by atoms with Gasteiger partial charge in [0.1, 0.15) is 0 Å². The molecule has 3 N–H and O–H groups in total. The number of rotatable bonds is 5. The van der Waals surface area contributed by atoms with Crippen LogP contribution in [0, 0.1) is 6.92 Å². The Morgan fingerprint density at radius 2 is 2.08 bits per heavy atom. The van der Waals surface area contributed by atoms with Gasteiger partial charge in [0.2, 0.25) is 6.79 Å². The van der Waals surface area contributed by atoms with E-state index in [-0.39, 0.29) is 19.2 Å². The molecule has 132 valence electrons. The van der Waals surface area contributed by atoms with Crippen LogP contribution in [-0.2, 0) is 4.79 Å². The first-order chi connectivity index (χ1) is 12.7. The SMILES string of the molecule is Cc1[nH]c2ccccc2c1/C=N\NC(=O)CNc1ccc2c(c1)OCO2. The molecule has 3 aromatic rings. The molecular formula is C19H18N4O3. The van der Waals surface area contributed by atoms with Crippen LogP contribution in [0.1, 0.15) is 11.3 Å². The van der Waals surface area contributed by atoms with E-state index in [1.807, 2.05) is 37.3 Å². The van der Waals surface area contributed by atoms with E-state index in [1.54, 1.807) is 18.3 Å². The van der Waals surface area contributed by atoms with Crippen molar-refractivity contribution in [3.8, 4) is 11.5 Å². The normalized spacial score (nSPS) is 12.7. The van der Waals surface area contributed by atoms with Crippen LogP contribution in [0.3, 0.4) is 0 Å². The molecule has 7 heteroatoms. The first-order valence-electron chi connectivity index (χ1n) is 8.23. The number of hydrogen-bond donors (Lipinski definition) is 3. The predicted octanol–water partition coefficient (Wildman–Crippen LogP) is 2.77. The number of hydrogen-bond acceptors (Lipinski definition) is 5. The van der Waals surface area contributed by atoms with Gasteiger partial charge in [-0.05, 0) is 25.1 Å². The zero-order chi connectivity index (χ0) is 17.9. The average Bonchev–Trinajstić information content (AvgIpc) is 3.24. The van der Waals surface area contributed by atoms with Crippen LogP contribution in [0.25, 0.3) is 10.9 Å². The Labute approximate surface area is 150 Å². The lowest BCUT2D eigenvalue weighted by Gasteiger charge is -2.06. The van der Waals surface area contributed by atoms with Gasteiger partial charge >= 0.3 is 0 Å². The number of carbonyl (C=O) groups excluding carboxylic acids is 1. The highest BCUT2D eigenvalue weighted by Crippen LogP contribution is 2.34. The number of para-hydroxylation sites is 1. The van der Waals surface area contributed by atoms with E-state index >= 15 is 0 Å². The number of nitrogens with one attached hydrogen (secondary N) is 3. The fourth-order valence-electron chi connectivity index (χ4n) is 2.86. The Bertz CT molecular complexity index is 994. The summed E-state index contributed by atoms with van der Waals surface area (Å²) in [5.74, 6) is 1.14. The highest BCUT2D eigenvalue weighted by atomic mass is 16.7. The maximum Gasteiger partial charge on any atom is 0.259 e. The quantitative estimate of drug-likeness (QED) is 0.488. The number of carbonyl (C=O) groups is 1. The Hall–Kier alpha value is -3.48. The lowest BCUT2D eigenvalue weighted by atomic mass is 10.1. The van der Waals surface area contributed by atoms with Crippen molar-refractivity contribution in [2.24, 2.45) is 5.10 Å². The number of aryl methyl sites for hydroxylation is 1. The Morgan fingerprint density at radius 3 is 3.00 bits per heavy atom. The third-order valence-electron chi connectivity index (χ3n) is 4.15. The number of fused-ring (bicyclic) bond motifs is 2. The van der Waals surface area contributed by atoms with E-state index in [1.165, 1.54) is 0 Å². The molecule has 0 radical (unpaired) electrons. The molecular weight excluding hydrogens is 332 g/mol. The van der Waals surface area contributed by atoms with Crippen LogP contribution < -0.4 is 20.2 Å². The number of amides is 1. The van der Waals surface area contributed by atoms with Gasteiger partial charge in [-0.2, -0.15) is 5.10 Å². The number of benzene rings is 2. The number of anilines is 1. The molecule has 1 aliphatic heterocycles. The van der Waals surface area contributed by atoms with Gasteiger partial charge < -0.3 is 19.8 Å². The van der Waals surface area contributed by atoms with Crippen molar-refractivity contribution < 1.29 is 14.3 Å². The average molecular weight is 350 g/mol. The maximum absolute atomic E-state index is 12.0. The summed E-state index contributed by atoms with van der Waals surface area (Å²) in [7, 11) is 0. The fraction of sp³-hybridized carbons (Fsp3) is 0.158. The van der Waals surface area contributed by atoms with Crippen LogP contribution in [0.15, 0.2) is 47.6 Å². The van der Waals surface area contributed by atoms with Gasteiger partial charge in [0, 0.05) is 33.9 Å². The van der Waals surface area contributed by atoms with Gasteiger partial charge in [-0.15, -0.1) is 0 Å². The number of aromatic amines is 1. The van der Waals surface area contributed by atoms with Crippen molar-refractivity contribution in [1.29, 1.82) is 0 Å². The topological polar surface area (TPSA) is 87.7 Å². The molecule has 7 nitrogen and oxygen atoms in total. The van der Waals surface area contributed by atoms with E-state index in [4.69, 9.17) is 9.47 Å². The van der Waals surface area contributed by atoms with E-state index in [9.17, 15) is 4.79 Å². The van der Waals surface area contributed by atoms with Gasteiger partial charge in [-0.1, -0.05) is 18.2 Å². The van der Waals surface area contributed by atoms with Gasteiger partial charge in [-0.3, -0.25) is 4.79 Å². The Balaban J connectivity index is 1.35. The number of nitrogens with zero attached hydrogens (tertiary/aromatic N) is 1. The van der Waals surface area contributed by atoms with E-state index in [0.717, 1.165) is 27.8 Å². The first kappa shape index (κ1) is 16.0.